The van der Waals surface area contributed by atoms with Crippen molar-refractivity contribution in [3.8, 4) is 0 Å². The van der Waals surface area contributed by atoms with Crippen molar-refractivity contribution in [2.24, 2.45) is 11.8 Å². The molecule has 0 bridgehead atoms. The van der Waals surface area contributed by atoms with E-state index in [1.165, 1.54) is 12.7 Å². The number of methoxy groups -OCH3 is 1. The van der Waals surface area contributed by atoms with E-state index < -0.39 is 0 Å². The molecule has 1 saturated carbocycles. The molecule has 1 aliphatic carbocycles. The predicted octanol–water partition coefficient (Wildman–Crippen LogP) is 5.04. The van der Waals surface area contributed by atoms with Crippen LogP contribution < -0.4 is 0 Å². The van der Waals surface area contributed by atoms with Crippen molar-refractivity contribution in [1.29, 1.82) is 0 Å². The Labute approximate surface area is 141 Å². The molecule has 0 saturated heterocycles. The topological polar surface area (TPSA) is 26.3 Å². The smallest absolute Gasteiger partial charge is 0.305 e. The van der Waals surface area contributed by atoms with Gasteiger partial charge in [-0.2, -0.15) is 0 Å². The van der Waals surface area contributed by atoms with Crippen LogP contribution in [-0.2, 0) is 14.9 Å². The first kappa shape index (κ1) is 17.0. The van der Waals surface area contributed by atoms with Crippen LogP contribution in [-0.4, -0.2) is 13.1 Å². The number of carbonyl (C=O) groups is 1. The maximum atomic E-state index is 11.7. The summed E-state index contributed by atoms with van der Waals surface area (Å²) in [5, 5.41) is 0. The minimum Gasteiger partial charge on any atom is -0.469 e. The summed E-state index contributed by atoms with van der Waals surface area (Å²) < 4.78 is 5.91. The largest absolute Gasteiger partial charge is 0.469 e. The number of carbonyl (C=O) groups excluding carboxylic acids is 1. The number of benzene rings is 1. The Kier molecular flexibility index (Phi) is 5.63. The van der Waals surface area contributed by atoms with Gasteiger partial charge in [0.1, 0.15) is 0 Å². The molecule has 0 aliphatic heterocycles. The Morgan fingerprint density at radius 3 is 2.27 bits per heavy atom. The first-order valence-corrected chi connectivity index (χ1v) is 8.45. The highest BCUT2D eigenvalue weighted by Gasteiger charge is 2.48. The quantitative estimate of drug-likeness (QED) is 0.523. The van der Waals surface area contributed by atoms with Gasteiger partial charge in [0.15, 0.2) is 0 Å². The third kappa shape index (κ3) is 3.05. The number of ether oxygens (including phenoxy) is 1. The molecule has 0 radical (unpaired) electrons. The summed E-state index contributed by atoms with van der Waals surface area (Å²) in [7, 11) is 1.44. The van der Waals surface area contributed by atoms with Gasteiger partial charge >= 0.3 is 5.97 Å². The van der Waals surface area contributed by atoms with Crippen molar-refractivity contribution in [2.75, 3.05) is 7.11 Å². The summed E-state index contributed by atoms with van der Waals surface area (Å²) in [4.78, 5) is 11.7. The van der Waals surface area contributed by atoms with Gasteiger partial charge in [-0.25, -0.2) is 0 Å². The van der Waals surface area contributed by atoms with E-state index in [-0.39, 0.29) is 11.4 Å². The van der Waals surface area contributed by atoms with Crippen molar-refractivity contribution >= 4 is 21.9 Å². The SMILES string of the molecule is C=CC1CC[C@@H](C=C)C1(CCC(=O)OC)c1ccc(Br)cc1. The van der Waals surface area contributed by atoms with Crippen LogP contribution >= 0.6 is 15.9 Å². The molecule has 3 atom stereocenters. The molecule has 2 rings (SSSR count). The van der Waals surface area contributed by atoms with Crippen LogP contribution in [0.15, 0.2) is 54.0 Å². The lowest BCUT2D eigenvalue weighted by atomic mass is 9.64. The van der Waals surface area contributed by atoms with Crippen molar-refractivity contribution in [1.82, 2.24) is 0 Å². The molecule has 3 heteroatoms. The molecule has 0 amide bonds. The molecule has 1 aromatic rings. The zero-order chi connectivity index (χ0) is 16.2. The van der Waals surface area contributed by atoms with Crippen LogP contribution in [0.25, 0.3) is 0 Å². The average molecular weight is 363 g/mol. The third-order valence-corrected chi connectivity index (χ3v) is 5.56. The molecule has 0 heterocycles. The van der Waals surface area contributed by atoms with Crippen LogP contribution in [0.1, 0.15) is 31.2 Å². The first-order valence-electron chi connectivity index (χ1n) is 7.66. The molecular formula is C19H23BrO2. The lowest BCUT2D eigenvalue weighted by Crippen LogP contribution is -2.36. The number of hydrogen-bond donors (Lipinski definition) is 0. The second-order valence-corrected chi connectivity index (χ2v) is 6.80. The molecule has 1 aromatic carbocycles. The molecule has 2 nitrogen and oxygen atoms in total. The maximum Gasteiger partial charge on any atom is 0.305 e. The third-order valence-electron chi connectivity index (χ3n) is 5.03. The van der Waals surface area contributed by atoms with Gasteiger partial charge in [-0.05, 0) is 48.8 Å². The molecule has 2 unspecified atom stereocenters. The summed E-state index contributed by atoms with van der Waals surface area (Å²) in [6.07, 6.45) is 7.43. The molecule has 1 fully saturated rings. The Balaban J connectivity index is 2.46. The summed E-state index contributed by atoms with van der Waals surface area (Å²) >= 11 is 3.50. The zero-order valence-electron chi connectivity index (χ0n) is 13.1. The minimum absolute atomic E-state index is 0.113. The lowest BCUT2D eigenvalue weighted by molar-refractivity contribution is -0.141. The summed E-state index contributed by atoms with van der Waals surface area (Å²) in [5.41, 5.74) is 1.14. The van der Waals surface area contributed by atoms with E-state index in [0.29, 0.717) is 18.3 Å². The van der Waals surface area contributed by atoms with Gasteiger partial charge in [-0.3, -0.25) is 4.79 Å². The number of rotatable bonds is 6. The second kappa shape index (κ2) is 7.28. The number of halogens is 1. The predicted molar refractivity (Wildman–Crippen MR) is 93.7 cm³/mol. The van der Waals surface area contributed by atoms with Gasteiger partial charge < -0.3 is 4.74 Å². The molecular weight excluding hydrogens is 340 g/mol. The van der Waals surface area contributed by atoms with E-state index in [9.17, 15) is 4.79 Å². The van der Waals surface area contributed by atoms with Crippen molar-refractivity contribution in [3.05, 3.63) is 59.6 Å². The maximum absolute atomic E-state index is 11.7. The number of esters is 1. The van der Waals surface area contributed by atoms with E-state index in [1.807, 2.05) is 12.2 Å². The van der Waals surface area contributed by atoms with Crippen LogP contribution in [0.5, 0.6) is 0 Å². The Morgan fingerprint density at radius 1 is 1.27 bits per heavy atom. The van der Waals surface area contributed by atoms with Gasteiger partial charge in [0.25, 0.3) is 0 Å². The summed E-state index contributed by atoms with van der Waals surface area (Å²) in [6, 6.07) is 8.43. The molecule has 1 aliphatic rings. The number of allylic oxidation sites excluding steroid dienone is 2. The average Bonchev–Trinajstić information content (AvgIpc) is 2.91. The van der Waals surface area contributed by atoms with Crippen LogP contribution in [0, 0.1) is 11.8 Å². The summed E-state index contributed by atoms with van der Waals surface area (Å²) in [6.45, 7) is 8.07. The van der Waals surface area contributed by atoms with Crippen molar-refractivity contribution in [2.45, 2.75) is 31.1 Å². The first-order chi connectivity index (χ1) is 10.6. The molecule has 118 valence electrons. The minimum atomic E-state index is -0.158. The van der Waals surface area contributed by atoms with Crippen LogP contribution in [0.3, 0.4) is 0 Å². The van der Waals surface area contributed by atoms with Gasteiger partial charge in [-0.15, -0.1) is 13.2 Å². The molecule has 0 aromatic heterocycles. The van der Waals surface area contributed by atoms with E-state index in [1.54, 1.807) is 0 Å². The fourth-order valence-corrected chi connectivity index (χ4v) is 4.18. The number of hydrogen-bond acceptors (Lipinski definition) is 2. The lowest BCUT2D eigenvalue weighted by Gasteiger charge is -2.39. The molecule has 0 N–H and O–H groups in total. The summed E-state index contributed by atoms with van der Waals surface area (Å²) in [5.74, 6) is 0.539. The van der Waals surface area contributed by atoms with Gasteiger partial charge in [-0.1, -0.05) is 40.2 Å². The highest BCUT2D eigenvalue weighted by molar-refractivity contribution is 9.10. The van der Waals surface area contributed by atoms with E-state index in [4.69, 9.17) is 4.74 Å². The van der Waals surface area contributed by atoms with Crippen molar-refractivity contribution < 1.29 is 9.53 Å². The zero-order valence-corrected chi connectivity index (χ0v) is 14.6. The van der Waals surface area contributed by atoms with Crippen LogP contribution in [0.2, 0.25) is 0 Å². The Morgan fingerprint density at radius 2 is 1.82 bits per heavy atom. The fraction of sp³-hybridized carbons (Fsp3) is 0.421. The van der Waals surface area contributed by atoms with E-state index in [2.05, 4.69) is 53.4 Å². The van der Waals surface area contributed by atoms with E-state index >= 15 is 0 Å². The van der Waals surface area contributed by atoms with Gasteiger partial charge in [0.05, 0.1) is 7.11 Å². The highest BCUT2D eigenvalue weighted by atomic mass is 79.9. The standard InChI is InChI=1S/C19H23BrO2/c1-4-14-6-7-15(5-2)19(14,13-12-18(21)22-3)16-8-10-17(20)11-9-16/h4-5,8-11,14-15H,1-2,6-7,12-13H2,3H3/t14-,15?,19?/m1/s1. The highest BCUT2D eigenvalue weighted by Crippen LogP contribution is 2.53. The van der Waals surface area contributed by atoms with E-state index in [0.717, 1.165) is 23.7 Å². The van der Waals surface area contributed by atoms with Gasteiger partial charge in [0.2, 0.25) is 0 Å². The second-order valence-electron chi connectivity index (χ2n) is 5.89. The Hall–Kier alpha value is -1.35. The fourth-order valence-electron chi connectivity index (χ4n) is 3.92. The molecule has 22 heavy (non-hydrogen) atoms. The van der Waals surface area contributed by atoms with Crippen LogP contribution in [0.4, 0.5) is 0 Å². The Bertz CT molecular complexity index is 531. The van der Waals surface area contributed by atoms with Gasteiger partial charge in [0, 0.05) is 16.3 Å². The normalized spacial score (nSPS) is 27.4. The van der Waals surface area contributed by atoms with Crippen molar-refractivity contribution in [3.63, 3.8) is 0 Å². The molecule has 0 spiro atoms. The monoisotopic (exact) mass is 362 g/mol.